The minimum Gasteiger partial charge on any atom is -0.744 e. The van der Waals surface area contributed by atoms with Crippen LogP contribution >= 0.6 is 11.3 Å². The van der Waals surface area contributed by atoms with Crippen molar-refractivity contribution in [1.29, 1.82) is 0 Å². The van der Waals surface area contributed by atoms with Gasteiger partial charge in [0.1, 0.15) is 21.0 Å². The summed E-state index contributed by atoms with van der Waals surface area (Å²) in [5.41, 5.74) is 2.63. The van der Waals surface area contributed by atoms with Gasteiger partial charge in [0.25, 0.3) is 0 Å². The minimum absolute atomic E-state index is 0.0770. The summed E-state index contributed by atoms with van der Waals surface area (Å²) < 4.78 is 35.7. The zero-order chi connectivity index (χ0) is 30.1. The van der Waals surface area contributed by atoms with E-state index in [1.165, 1.54) is 31.2 Å². The van der Waals surface area contributed by atoms with Crippen LogP contribution in [0.3, 0.4) is 0 Å². The predicted molar refractivity (Wildman–Crippen MR) is 183 cm³/mol. The summed E-state index contributed by atoms with van der Waals surface area (Å²) in [6.07, 6.45) is 0. The second-order valence-corrected chi connectivity index (χ2v) is 14.8. The van der Waals surface area contributed by atoms with Crippen molar-refractivity contribution in [2.45, 2.75) is 18.9 Å². The van der Waals surface area contributed by atoms with Crippen LogP contribution in [0.15, 0.2) is 176 Å². The van der Waals surface area contributed by atoms with E-state index in [1.807, 2.05) is 47.7 Å². The highest BCUT2D eigenvalue weighted by Gasteiger charge is 2.32. The van der Waals surface area contributed by atoms with Gasteiger partial charge in [-0.15, -0.1) is 0 Å². The molecule has 3 nitrogen and oxygen atoms in total. The molecule has 0 fully saturated rings. The molecule has 8 aromatic rings. The average Bonchev–Trinajstić information content (AvgIpc) is 3.54. The van der Waals surface area contributed by atoms with Crippen molar-refractivity contribution in [3.8, 4) is 11.1 Å². The van der Waals surface area contributed by atoms with E-state index in [0.29, 0.717) is 5.39 Å². The van der Waals surface area contributed by atoms with E-state index in [-0.39, 0.29) is 15.8 Å². The Labute approximate surface area is 263 Å². The quantitative estimate of drug-likeness (QED) is 0.109. The van der Waals surface area contributed by atoms with E-state index in [2.05, 4.69) is 102 Å². The first-order chi connectivity index (χ1) is 21.5. The molecule has 1 heterocycles. The minimum atomic E-state index is -4.48. The zero-order valence-corrected chi connectivity index (χ0v) is 25.9. The van der Waals surface area contributed by atoms with Crippen molar-refractivity contribution >= 4 is 64.7 Å². The van der Waals surface area contributed by atoms with Crippen LogP contribution in [0.4, 0.5) is 0 Å². The van der Waals surface area contributed by atoms with Gasteiger partial charge in [-0.25, -0.2) is 8.42 Å². The first-order valence-corrected chi connectivity index (χ1v) is 17.6. The molecular formula is C38H26O3S3. The van der Waals surface area contributed by atoms with Crippen molar-refractivity contribution in [3.63, 3.8) is 0 Å². The van der Waals surface area contributed by atoms with Crippen LogP contribution in [0.2, 0.25) is 0 Å². The van der Waals surface area contributed by atoms with E-state index in [0.717, 1.165) is 26.9 Å². The van der Waals surface area contributed by atoms with Crippen molar-refractivity contribution in [2.24, 2.45) is 0 Å². The second-order valence-electron chi connectivity index (χ2n) is 10.3. The second kappa shape index (κ2) is 11.9. The molecule has 0 saturated carbocycles. The van der Waals surface area contributed by atoms with Gasteiger partial charge in [-0.3, -0.25) is 0 Å². The van der Waals surface area contributed by atoms with Gasteiger partial charge >= 0.3 is 0 Å². The first kappa shape index (κ1) is 28.3. The van der Waals surface area contributed by atoms with Crippen LogP contribution < -0.4 is 0 Å². The van der Waals surface area contributed by atoms with Crippen LogP contribution in [0.1, 0.15) is 0 Å². The number of hydrogen-bond donors (Lipinski definition) is 0. The van der Waals surface area contributed by atoms with Crippen LogP contribution in [0, 0.1) is 0 Å². The average molecular weight is 627 g/mol. The van der Waals surface area contributed by atoms with Gasteiger partial charge in [0.15, 0.2) is 9.79 Å². The molecule has 0 unspecified atom stereocenters. The van der Waals surface area contributed by atoms with Gasteiger partial charge in [-0.2, -0.15) is 0 Å². The summed E-state index contributed by atoms with van der Waals surface area (Å²) in [5, 5.41) is 7.59. The molecule has 8 rings (SSSR count). The maximum Gasteiger partial charge on any atom is 0.228 e. The van der Waals surface area contributed by atoms with Gasteiger partial charge in [-0.1, -0.05) is 127 Å². The number of hydrogen-bond acceptors (Lipinski definition) is 4. The van der Waals surface area contributed by atoms with Crippen LogP contribution in [0.5, 0.6) is 0 Å². The number of rotatable bonds is 5. The SMILES string of the molecule is O=S(=O)([O-])c1ccc2ccc3cccc4ccc1c2c34.c1ccc(-c2ccsc2[S+](c2ccccc2)c2ccccc2)cc1. The lowest BCUT2D eigenvalue weighted by atomic mass is 9.94. The van der Waals surface area contributed by atoms with Crippen LogP contribution in [0.25, 0.3) is 43.4 Å². The zero-order valence-electron chi connectivity index (χ0n) is 23.5. The third-order valence-electron chi connectivity index (χ3n) is 7.62. The molecule has 0 N–H and O–H groups in total. The summed E-state index contributed by atoms with van der Waals surface area (Å²) >= 11 is 1.85. The normalized spacial score (nSPS) is 11.7. The van der Waals surface area contributed by atoms with E-state index in [9.17, 15) is 13.0 Å². The lowest BCUT2D eigenvalue weighted by Gasteiger charge is -2.15. The van der Waals surface area contributed by atoms with Gasteiger partial charge < -0.3 is 4.55 Å². The molecule has 7 aromatic carbocycles. The fourth-order valence-corrected chi connectivity index (χ4v) is 10.1. The first-order valence-electron chi connectivity index (χ1n) is 14.1. The molecule has 1 aromatic heterocycles. The number of benzene rings is 7. The van der Waals surface area contributed by atoms with E-state index in [1.54, 1.807) is 12.1 Å². The molecule has 0 radical (unpaired) electrons. The highest BCUT2D eigenvalue weighted by Crippen LogP contribution is 2.41. The molecule has 0 atom stereocenters. The van der Waals surface area contributed by atoms with E-state index >= 15 is 0 Å². The van der Waals surface area contributed by atoms with Gasteiger partial charge in [0, 0.05) is 10.9 Å². The fourth-order valence-electron chi connectivity index (χ4n) is 5.68. The molecule has 214 valence electrons. The fraction of sp³-hybridized carbons (Fsp3) is 0. The van der Waals surface area contributed by atoms with Crippen molar-refractivity contribution in [3.05, 3.63) is 157 Å². The molecule has 0 aliphatic carbocycles. The maximum atomic E-state index is 11.4. The predicted octanol–water partition coefficient (Wildman–Crippen LogP) is 10.00. The molecular weight excluding hydrogens is 601 g/mol. The highest BCUT2D eigenvalue weighted by atomic mass is 32.2. The summed E-state index contributed by atoms with van der Waals surface area (Å²) in [4.78, 5) is 2.58. The van der Waals surface area contributed by atoms with Gasteiger partial charge in [0.2, 0.25) is 4.21 Å². The lowest BCUT2D eigenvalue weighted by molar-refractivity contribution is 0.464. The Morgan fingerprint density at radius 3 is 1.64 bits per heavy atom. The Balaban J connectivity index is 0.000000144. The summed E-state index contributed by atoms with van der Waals surface area (Å²) in [6, 6.07) is 51.2. The Kier molecular flexibility index (Phi) is 7.66. The number of thiophene rings is 1. The third kappa shape index (κ3) is 5.38. The maximum absolute atomic E-state index is 11.4. The van der Waals surface area contributed by atoms with E-state index < -0.39 is 10.1 Å². The summed E-state index contributed by atoms with van der Waals surface area (Å²) in [7, 11) is -4.55. The molecule has 0 spiro atoms. The molecule has 0 amide bonds. The molecule has 0 saturated heterocycles. The Bertz CT molecular complexity index is 2240. The van der Waals surface area contributed by atoms with Gasteiger partial charge in [0.05, 0.1) is 4.90 Å². The van der Waals surface area contributed by atoms with Crippen molar-refractivity contribution in [2.75, 3.05) is 0 Å². The molecule has 0 bridgehead atoms. The summed E-state index contributed by atoms with van der Waals surface area (Å²) in [5.74, 6) is 0. The molecule has 44 heavy (non-hydrogen) atoms. The largest absolute Gasteiger partial charge is 0.744 e. The monoisotopic (exact) mass is 626 g/mol. The van der Waals surface area contributed by atoms with Crippen molar-refractivity contribution < 1.29 is 13.0 Å². The van der Waals surface area contributed by atoms with Crippen LogP contribution in [-0.4, -0.2) is 13.0 Å². The topological polar surface area (TPSA) is 57.2 Å². The van der Waals surface area contributed by atoms with Crippen LogP contribution in [-0.2, 0) is 21.0 Å². The molecule has 0 aliphatic heterocycles. The van der Waals surface area contributed by atoms with Crippen molar-refractivity contribution in [1.82, 2.24) is 0 Å². The Hall–Kier alpha value is -4.46. The van der Waals surface area contributed by atoms with Gasteiger partial charge in [-0.05, 0) is 74.3 Å². The van der Waals surface area contributed by atoms with E-state index in [4.69, 9.17) is 0 Å². The smallest absolute Gasteiger partial charge is 0.228 e. The Morgan fingerprint density at radius 2 is 1.05 bits per heavy atom. The highest BCUT2D eigenvalue weighted by molar-refractivity contribution is 7.99. The third-order valence-corrected chi connectivity index (χ3v) is 12.1. The lowest BCUT2D eigenvalue weighted by Crippen LogP contribution is -2.03. The standard InChI is InChI=1S/C22H17S2.C16H10O3S/c1-4-10-18(11-5-1)21-16-17-23-22(21)24(19-12-6-2-7-13-19)20-14-8-3-9-15-20;17-20(18,19)14-9-7-12-5-4-10-2-1-3-11-6-8-13(14)16(12)15(10)11/h1-17H;1-9H,(H,17,18,19)/q+1;/p-1. The molecule has 6 heteroatoms. The summed E-state index contributed by atoms with van der Waals surface area (Å²) in [6.45, 7) is 0. The Morgan fingerprint density at radius 1 is 0.523 bits per heavy atom. The molecule has 0 aliphatic rings.